The highest BCUT2D eigenvalue weighted by atomic mass is 14.4. The van der Waals surface area contributed by atoms with Crippen LogP contribution in [0.1, 0.15) is 24.0 Å². The van der Waals surface area contributed by atoms with Crippen molar-refractivity contribution >= 4 is 16.7 Å². The summed E-state index contributed by atoms with van der Waals surface area (Å²) in [6, 6.07) is 18.6. The number of hydrogen-bond acceptors (Lipinski definition) is 0. The molecule has 2 aromatic carbocycles. The summed E-state index contributed by atoms with van der Waals surface area (Å²) >= 11 is 0. The normalized spacial score (nSPS) is 30.8. The van der Waals surface area contributed by atoms with Gasteiger partial charge in [0, 0.05) is 29.6 Å². The van der Waals surface area contributed by atoms with E-state index in [0.717, 1.165) is 6.42 Å². The predicted octanol–water partition coefficient (Wildman–Crippen LogP) is 7.80. The maximum absolute atomic E-state index is 2.58. The van der Waals surface area contributed by atoms with Gasteiger partial charge in [0.1, 0.15) is 0 Å². The van der Waals surface area contributed by atoms with Crippen molar-refractivity contribution in [3.63, 3.8) is 0 Å². The number of rotatable bonds is 3. The molecule has 6 atom stereocenters. The van der Waals surface area contributed by atoms with E-state index in [2.05, 4.69) is 146 Å². The van der Waals surface area contributed by atoms with Gasteiger partial charge in [-0.3, -0.25) is 0 Å². The lowest BCUT2D eigenvalue weighted by Crippen LogP contribution is -2.40. The van der Waals surface area contributed by atoms with E-state index in [-0.39, 0.29) is 0 Å². The van der Waals surface area contributed by atoms with Crippen molar-refractivity contribution < 1.29 is 0 Å². The van der Waals surface area contributed by atoms with Crippen LogP contribution in [0.2, 0.25) is 0 Å². The highest BCUT2D eigenvalue weighted by Gasteiger charge is 2.34. The van der Waals surface area contributed by atoms with Gasteiger partial charge in [-0.05, 0) is 62.6 Å². The van der Waals surface area contributed by atoms with E-state index in [9.17, 15) is 0 Å². The molecule has 0 heteroatoms. The average Bonchev–Trinajstić information content (AvgIpc) is 3.03. The summed E-state index contributed by atoms with van der Waals surface area (Å²) < 4.78 is 0. The van der Waals surface area contributed by atoms with Crippen molar-refractivity contribution in [2.75, 3.05) is 0 Å². The molecule has 2 aromatic rings. The van der Waals surface area contributed by atoms with E-state index in [1.807, 2.05) is 0 Å². The zero-order valence-corrected chi connectivity index (χ0v) is 22.7. The third-order valence-electron chi connectivity index (χ3n) is 9.77. The molecule has 6 aliphatic rings. The van der Waals surface area contributed by atoms with Gasteiger partial charge in [0.2, 0.25) is 0 Å². The van der Waals surface area contributed by atoms with Gasteiger partial charge in [0.05, 0.1) is 0 Å². The minimum absolute atomic E-state index is 0.341. The molecule has 0 aromatic heterocycles. The summed E-state index contributed by atoms with van der Waals surface area (Å²) in [5.41, 5.74) is 8.64. The van der Waals surface area contributed by atoms with Crippen LogP contribution in [0.4, 0.5) is 0 Å². The minimum Gasteiger partial charge on any atom is -0.0805 e. The Morgan fingerprint density at radius 3 is 1.90 bits per heavy atom. The Balaban J connectivity index is 1.26. The molecule has 0 aliphatic heterocycles. The highest BCUT2D eigenvalue weighted by Crippen LogP contribution is 2.45. The zero-order valence-electron chi connectivity index (χ0n) is 22.7. The largest absolute Gasteiger partial charge is 0.0805 e. The molecule has 40 heavy (non-hydrogen) atoms. The molecular weight excluding hydrogens is 480 g/mol. The van der Waals surface area contributed by atoms with Crippen LogP contribution in [0.5, 0.6) is 0 Å². The van der Waals surface area contributed by atoms with Crippen molar-refractivity contribution in [1.82, 2.24) is 0 Å². The van der Waals surface area contributed by atoms with Crippen molar-refractivity contribution in [2.24, 2.45) is 35.5 Å². The van der Waals surface area contributed by atoms with Gasteiger partial charge >= 0.3 is 0 Å². The summed E-state index contributed by atoms with van der Waals surface area (Å²) in [6.45, 7) is 0. The first-order chi connectivity index (χ1) is 19.8. The van der Waals surface area contributed by atoms with Gasteiger partial charge in [-0.2, -0.15) is 0 Å². The van der Waals surface area contributed by atoms with Crippen molar-refractivity contribution in [2.45, 2.75) is 12.8 Å². The van der Waals surface area contributed by atoms with Gasteiger partial charge in [0.15, 0.2) is 0 Å². The van der Waals surface area contributed by atoms with Gasteiger partial charge in [-0.1, -0.05) is 146 Å². The molecule has 0 fully saturated rings. The molecule has 0 radical (unpaired) electrons. The van der Waals surface area contributed by atoms with Crippen LogP contribution in [-0.4, -0.2) is 0 Å². The first kappa shape index (κ1) is 23.7. The molecule has 0 bridgehead atoms. The van der Waals surface area contributed by atoms with E-state index in [1.54, 1.807) is 11.1 Å². The fourth-order valence-corrected chi connectivity index (χ4v) is 7.85. The Hall–Kier alpha value is -4.16. The third kappa shape index (κ3) is 3.89. The van der Waals surface area contributed by atoms with Gasteiger partial charge in [-0.15, -0.1) is 0 Å². The van der Waals surface area contributed by atoms with Gasteiger partial charge in [0.25, 0.3) is 0 Å². The second-order valence-electron chi connectivity index (χ2n) is 11.9. The first-order valence-electron chi connectivity index (χ1n) is 14.9. The highest BCUT2D eigenvalue weighted by molar-refractivity contribution is 5.82. The maximum Gasteiger partial charge on any atom is 0.0137 e. The quantitative estimate of drug-likeness (QED) is 0.392. The van der Waals surface area contributed by atoms with Gasteiger partial charge in [-0.25, -0.2) is 0 Å². The van der Waals surface area contributed by atoms with E-state index >= 15 is 0 Å². The molecule has 0 nitrogen and oxygen atoms in total. The summed E-state index contributed by atoms with van der Waals surface area (Å²) in [6.07, 6.45) is 39.5. The van der Waals surface area contributed by atoms with Crippen molar-refractivity contribution in [1.29, 1.82) is 0 Å². The monoisotopic (exact) mass is 514 g/mol. The molecule has 0 spiro atoms. The van der Waals surface area contributed by atoms with Crippen LogP contribution in [0.15, 0.2) is 151 Å². The van der Waals surface area contributed by atoms with E-state index < -0.39 is 0 Å². The Bertz CT molecular complexity index is 1760. The SMILES string of the molecule is C1=CC2C=C(C3=c4ccccc4=C(c4ccc(C5=CC=CC6C=CC=CC56)cc4)C4C=CC=CC34)CCC2C=C1. The smallest absolute Gasteiger partial charge is 0.0137 e. The van der Waals surface area contributed by atoms with E-state index in [4.69, 9.17) is 0 Å². The van der Waals surface area contributed by atoms with Gasteiger partial charge < -0.3 is 0 Å². The van der Waals surface area contributed by atoms with Crippen LogP contribution in [0.3, 0.4) is 0 Å². The molecule has 0 N–H and O–H groups in total. The molecule has 194 valence electrons. The average molecular weight is 515 g/mol. The van der Waals surface area contributed by atoms with Crippen molar-refractivity contribution in [3.8, 4) is 0 Å². The Morgan fingerprint density at radius 1 is 0.500 bits per heavy atom. The second-order valence-corrected chi connectivity index (χ2v) is 11.9. The lowest BCUT2D eigenvalue weighted by atomic mass is 9.67. The predicted molar refractivity (Wildman–Crippen MR) is 168 cm³/mol. The molecule has 6 aliphatic carbocycles. The van der Waals surface area contributed by atoms with Crippen LogP contribution in [0, 0.1) is 35.5 Å². The lowest BCUT2D eigenvalue weighted by molar-refractivity contribution is 0.482. The fourth-order valence-electron chi connectivity index (χ4n) is 7.85. The van der Waals surface area contributed by atoms with E-state index in [1.165, 1.54) is 39.1 Å². The standard InChI is InChI=1S/C40H34/c1-2-12-31-26-32(25-20-27(31)10-1)40-37-17-7-5-15-35(37)39(36-16-6-8-18-38(36)40)30-23-21-29(22-24-30)34-19-9-13-28-11-3-4-14-33(28)34/h1-19,21-24,26-28,31,33,35,37H,20,25H2. The summed E-state index contributed by atoms with van der Waals surface area (Å²) in [5.74, 6) is 2.76. The van der Waals surface area contributed by atoms with Crippen LogP contribution < -0.4 is 10.4 Å². The van der Waals surface area contributed by atoms with Crippen LogP contribution >= 0.6 is 0 Å². The second kappa shape index (κ2) is 9.79. The Labute approximate surface area is 237 Å². The molecule has 0 saturated heterocycles. The number of allylic oxidation sites excluding steroid dienone is 18. The molecule has 0 heterocycles. The number of benzene rings is 2. The molecule has 8 rings (SSSR count). The van der Waals surface area contributed by atoms with E-state index in [0.29, 0.717) is 35.5 Å². The van der Waals surface area contributed by atoms with Crippen LogP contribution in [-0.2, 0) is 0 Å². The Morgan fingerprint density at radius 2 is 1.10 bits per heavy atom. The third-order valence-corrected chi connectivity index (χ3v) is 9.77. The fraction of sp³-hybridized carbons (Fsp3) is 0.200. The summed E-state index contributed by atoms with van der Waals surface area (Å²) in [5, 5.41) is 2.82. The van der Waals surface area contributed by atoms with Crippen molar-refractivity contribution in [3.05, 3.63) is 173 Å². The maximum atomic E-state index is 2.58. The lowest BCUT2D eigenvalue weighted by Gasteiger charge is -2.37. The number of fused-ring (bicyclic) bond motifs is 4. The molecular formula is C40H34. The zero-order chi connectivity index (χ0) is 26.5. The molecule has 0 amide bonds. The molecule has 6 unspecified atom stereocenters. The summed E-state index contributed by atoms with van der Waals surface area (Å²) in [4.78, 5) is 0. The first-order valence-corrected chi connectivity index (χ1v) is 14.9. The number of hydrogen-bond donors (Lipinski definition) is 0. The Kier molecular flexibility index (Phi) is 5.80. The summed E-state index contributed by atoms with van der Waals surface area (Å²) in [7, 11) is 0. The minimum atomic E-state index is 0.341. The van der Waals surface area contributed by atoms with Crippen LogP contribution in [0.25, 0.3) is 16.7 Å². The molecule has 0 saturated carbocycles. The topological polar surface area (TPSA) is 0 Å².